The molecule has 0 aliphatic carbocycles. The number of carbonyl (C=O) groups is 1. The Balaban J connectivity index is 2.57. The third-order valence-electron chi connectivity index (χ3n) is 1.86. The van der Waals surface area contributed by atoms with Crippen molar-refractivity contribution in [2.45, 2.75) is 6.42 Å². The zero-order valence-electron chi connectivity index (χ0n) is 8.11. The molecule has 14 heavy (non-hydrogen) atoms. The molecule has 1 aromatic heterocycles. The molecule has 4 heteroatoms. The van der Waals surface area contributed by atoms with E-state index >= 15 is 0 Å². The van der Waals surface area contributed by atoms with E-state index < -0.39 is 0 Å². The maximum Gasteiger partial charge on any atom is 0.272 e. The van der Waals surface area contributed by atoms with Gasteiger partial charge >= 0.3 is 0 Å². The molecular weight excluding hydrogens is 244 g/mol. The number of aromatic nitrogens is 1. The van der Waals surface area contributed by atoms with Gasteiger partial charge in [-0.2, -0.15) is 0 Å². The van der Waals surface area contributed by atoms with Crippen LogP contribution in [0.2, 0.25) is 0 Å². The first-order valence-electron chi connectivity index (χ1n) is 4.48. The summed E-state index contributed by atoms with van der Waals surface area (Å²) in [5.74, 6) is -0.0217. The van der Waals surface area contributed by atoms with E-state index in [2.05, 4.69) is 20.9 Å². The molecule has 0 bridgehead atoms. The molecule has 0 N–H and O–H groups in total. The topological polar surface area (TPSA) is 33.2 Å². The maximum atomic E-state index is 11.7. The Bertz CT molecular complexity index is 289. The molecule has 0 saturated carbocycles. The molecule has 1 amide bonds. The van der Waals surface area contributed by atoms with Gasteiger partial charge < -0.3 is 4.90 Å². The van der Waals surface area contributed by atoms with Gasteiger partial charge in [0.15, 0.2) is 0 Å². The molecule has 0 radical (unpaired) electrons. The van der Waals surface area contributed by atoms with Gasteiger partial charge in [0, 0.05) is 25.1 Å². The lowest BCUT2D eigenvalue weighted by atomic mass is 10.3. The smallest absolute Gasteiger partial charge is 0.272 e. The second kappa shape index (κ2) is 5.75. The summed E-state index contributed by atoms with van der Waals surface area (Å²) in [7, 11) is 1.79. The molecule has 0 aliphatic heterocycles. The number of alkyl halides is 1. The van der Waals surface area contributed by atoms with E-state index in [0.29, 0.717) is 5.69 Å². The van der Waals surface area contributed by atoms with Crippen LogP contribution in [0, 0.1) is 0 Å². The van der Waals surface area contributed by atoms with E-state index in [1.54, 1.807) is 30.3 Å². The van der Waals surface area contributed by atoms with Crippen molar-refractivity contribution in [1.29, 1.82) is 0 Å². The summed E-state index contributed by atoms with van der Waals surface area (Å²) in [5.41, 5.74) is 0.504. The highest BCUT2D eigenvalue weighted by Gasteiger charge is 2.10. The zero-order valence-corrected chi connectivity index (χ0v) is 9.70. The highest BCUT2D eigenvalue weighted by Crippen LogP contribution is 2.00. The minimum absolute atomic E-state index is 0.0217. The van der Waals surface area contributed by atoms with Crippen molar-refractivity contribution in [3.8, 4) is 0 Å². The molecule has 0 aromatic carbocycles. The molecule has 1 heterocycles. The lowest BCUT2D eigenvalue weighted by Crippen LogP contribution is -2.28. The summed E-state index contributed by atoms with van der Waals surface area (Å²) in [5, 5.41) is 0.910. The Labute approximate surface area is 92.3 Å². The summed E-state index contributed by atoms with van der Waals surface area (Å²) < 4.78 is 0. The number of halogens is 1. The molecule has 3 nitrogen and oxygen atoms in total. The van der Waals surface area contributed by atoms with Crippen LogP contribution in [-0.2, 0) is 0 Å². The normalized spacial score (nSPS) is 9.86. The molecule has 0 spiro atoms. The summed E-state index contributed by atoms with van der Waals surface area (Å²) in [6.45, 7) is 0.751. The predicted octanol–water partition coefficient (Wildman–Crippen LogP) is 1.94. The van der Waals surface area contributed by atoms with Crippen molar-refractivity contribution in [3.05, 3.63) is 30.1 Å². The standard InChI is InChI=1S/C10H13BrN2O/c1-13(8-4-6-11)10(14)9-5-2-3-7-12-9/h2-3,5,7H,4,6,8H2,1H3. The van der Waals surface area contributed by atoms with E-state index in [9.17, 15) is 4.79 Å². The second-order valence-electron chi connectivity index (χ2n) is 2.98. The van der Waals surface area contributed by atoms with Crippen LogP contribution in [-0.4, -0.2) is 34.7 Å². The zero-order chi connectivity index (χ0) is 10.4. The fourth-order valence-corrected chi connectivity index (χ4v) is 1.33. The fraction of sp³-hybridized carbons (Fsp3) is 0.400. The van der Waals surface area contributed by atoms with Crippen molar-refractivity contribution in [2.24, 2.45) is 0 Å². The molecule has 1 aromatic rings. The molecule has 76 valence electrons. The highest BCUT2D eigenvalue weighted by atomic mass is 79.9. The summed E-state index contributed by atoms with van der Waals surface area (Å²) in [6.07, 6.45) is 2.58. The van der Waals surface area contributed by atoms with Crippen molar-refractivity contribution >= 4 is 21.8 Å². The monoisotopic (exact) mass is 256 g/mol. The molecule has 0 unspecified atom stereocenters. The second-order valence-corrected chi connectivity index (χ2v) is 3.78. The van der Waals surface area contributed by atoms with Crippen molar-refractivity contribution in [1.82, 2.24) is 9.88 Å². The number of carbonyl (C=O) groups excluding carboxylic acids is 1. The van der Waals surface area contributed by atoms with Crippen LogP contribution in [0.3, 0.4) is 0 Å². The van der Waals surface area contributed by atoms with Gasteiger partial charge in [0.2, 0.25) is 0 Å². The third-order valence-corrected chi connectivity index (χ3v) is 2.42. The highest BCUT2D eigenvalue weighted by molar-refractivity contribution is 9.09. The number of nitrogens with zero attached hydrogens (tertiary/aromatic N) is 2. The predicted molar refractivity (Wildman–Crippen MR) is 59.6 cm³/mol. The molecule has 0 atom stereocenters. The lowest BCUT2D eigenvalue weighted by molar-refractivity contribution is 0.0790. The van der Waals surface area contributed by atoms with Gasteiger partial charge in [0.25, 0.3) is 5.91 Å². The van der Waals surface area contributed by atoms with Crippen LogP contribution >= 0.6 is 15.9 Å². The summed E-state index contributed by atoms with van der Waals surface area (Å²) >= 11 is 3.33. The third kappa shape index (κ3) is 3.10. The van der Waals surface area contributed by atoms with Crippen LogP contribution in [0.1, 0.15) is 16.9 Å². The van der Waals surface area contributed by atoms with Gasteiger partial charge in [-0.15, -0.1) is 0 Å². The quantitative estimate of drug-likeness (QED) is 0.772. The van der Waals surface area contributed by atoms with Crippen LogP contribution in [0.5, 0.6) is 0 Å². The summed E-state index contributed by atoms with van der Waals surface area (Å²) in [6, 6.07) is 5.35. The Morgan fingerprint density at radius 1 is 1.57 bits per heavy atom. The maximum absolute atomic E-state index is 11.7. The van der Waals surface area contributed by atoms with Gasteiger partial charge in [0.05, 0.1) is 0 Å². The Morgan fingerprint density at radius 3 is 2.93 bits per heavy atom. The van der Waals surface area contributed by atoms with E-state index in [0.717, 1.165) is 18.3 Å². The Morgan fingerprint density at radius 2 is 2.36 bits per heavy atom. The van der Waals surface area contributed by atoms with E-state index in [1.807, 2.05) is 6.07 Å². The van der Waals surface area contributed by atoms with Crippen LogP contribution < -0.4 is 0 Å². The average molecular weight is 257 g/mol. The van der Waals surface area contributed by atoms with Crippen molar-refractivity contribution in [3.63, 3.8) is 0 Å². The van der Waals surface area contributed by atoms with Crippen molar-refractivity contribution in [2.75, 3.05) is 18.9 Å². The van der Waals surface area contributed by atoms with Gasteiger partial charge in [0.1, 0.15) is 5.69 Å². The minimum Gasteiger partial charge on any atom is -0.340 e. The van der Waals surface area contributed by atoms with Gasteiger partial charge in [-0.25, -0.2) is 0 Å². The minimum atomic E-state index is -0.0217. The molecule has 0 fully saturated rings. The number of rotatable bonds is 4. The van der Waals surface area contributed by atoms with E-state index in [1.165, 1.54) is 0 Å². The van der Waals surface area contributed by atoms with Gasteiger partial charge in [-0.05, 0) is 18.6 Å². The van der Waals surface area contributed by atoms with Gasteiger partial charge in [-0.3, -0.25) is 9.78 Å². The van der Waals surface area contributed by atoms with Crippen molar-refractivity contribution < 1.29 is 4.79 Å². The van der Waals surface area contributed by atoms with Crippen LogP contribution in [0.4, 0.5) is 0 Å². The first-order chi connectivity index (χ1) is 6.75. The fourth-order valence-electron chi connectivity index (χ4n) is 1.08. The first-order valence-corrected chi connectivity index (χ1v) is 5.60. The van der Waals surface area contributed by atoms with E-state index in [-0.39, 0.29) is 5.91 Å². The lowest BCUT2D eigenvalue weighted by Gasteiger charge is -2.15. The number of pyridine rings is 1. The van der Waals surface area contributed by atoms with E-state index in [4.69, 9.17) is 0 Å². The number of hydrogen-bond acceptors (Lipinski definition) is 2. The molecule has 1 rings (SSSR count). The molecular formula is C10H13BrN2O. The van der Waals surface area contributed by atoms with Gasteiger partial charge in [-0.1, -0.05) is 22.0 Å². The SMILES string of the molecule is CN(CCCBr)C(=O)c1ccccn1. The van der Waals surface area contributed by atoms with Crippen LogP contribution in [0.15, 0.2) is 24.4 Å². The molecule has 0 saturated heterocycles. The first kappa shape index (κ1) is 11.2. The summed E-state index contributed by atoms with van der Waals surface area (Å²) in [4.78, 5) is 17.4. The van der Waals surface area contributed by atoms with Crippen LogP contribution in [0.25, 0.3) is 0 Å². The molecule has 0 aliphatic rings. The Hall–Kier alpha value is -0.900. The largest absolute Gasteiger partial charge is 0.340 e. The number of hydrogen-bond donors (Lipinski definition) is 0. The number of amides is 1. The Kier molecular flexibility index (Phi) is 4.59. The average Bonchev–Trinajstić information content (AvgIpc) is 2.26.